The smallest absolute Gasteiger partial charge is 0.127 e. The molecule has 4 heteroatoms. The van der Waals surface area contributed by atoms with Crippen LogP contribution < -0.4 is 5.32 Å². The van der Waals surface area contributed by atoms with E-state index in [2.05, 4.69) is 26.2 Å². The van der Waals surface area contributed by atoms with Gasteiger partial charge in [0.05, 0.1) is 0 Å². The number of aryl methyl sites for hydroxylation is 1. The van der Waals surface area contributed by atoms with Gasteiger partial charge in [-0.2, -0.15) is 0 Å². The summed E-state index contributed by atoms with van der Waals surface area (Å²) in [6.07, 6.45) is 0. The molecule has 1 aromatic carbocycles. The van der Waals surface area contributed by atoms with Crippen molar-refractivity contribution in [3.8, 4) is 5.75 Å². The molecule has 88 valence electrons. The standard InChI is InChI=1S/C13H13BrN2O/c1-9-6-12(14)16-13(7-9)15-8-10-4-2-3-5-11(10)17/h2-7,17H,8H2,1H3,(H,15,16). The molecular formula is C13H13BrN2O. The number of aromatic nitrogens is 1. The van der Waals surface area contributed by atoms with Crippen LogP contribution in [-0.4, -0.2) is 10.1 Å². The highest BCUT2D eigenvalue weighted by Gasteiger charge is 2.01. The number of hydrogen-bond acceptors (Lipinski definition) is 3. The predicted molar refractivity (Wildman–Crippen MR) is 72.1 cm³/mol. The summed E-state index contributed by atoms with van der Waals surface area (Å²) in [6, 6.07) is 11.2. The number of phenolic OH excluding ortho intramolecular Hbond substituents is 1. The largest absolute Gasteiger partial charge is 0.508 e. The topological polar surface area (TPSA) is 45.2 Å². The van der Waals surface area contributed by atoms with Gasteiger partial charge in [0.15, 0.2) is 0 Å². The molecule has 0 fully saturated rings. The van der Waals surface area contributed by atoms with Crippen molar-refractivity contribution in [3.63, 3.8) is 0 Å². The van der Waals surface area contributed by atoms with Gasteiger partial charge in [0, 0.05) is 12.1 Å². The average molecular weight is 293 g/mol. The van der Waals surface area contributed by atoms with E-state index in [1.165, 1.54) is 0 Å². The lowest BCUT2D eigenvalue weighted by atomic mass is 10.2. The van der Waals surface area contributed by atoms with E-state index in [9.17, 15) is 5.11 Å². The summed E-state index contributed by atoms with van der Waals surface area (Å²) in [5, 5.41) is 12.8. The van der Waals surface area contributed by atoms with Crippen LogP contribution in [0.15, 0.2) is 41.0 Å². The number of rotatable bonds is 3. The van der Waals surface area contributed by atoms with E-state index >= 15 is 0 Å². The highest BCUT2D eigenvalue weighted by atomic mass is 79.9. The van der Waals surface area contributed by atoms with Crippen LogP contribution in [0.2, 0.25) is 0 Å². The Balaban J connectivity index is 2.10. The van der Waals surface area contributed by atoms with Crippen molar-refractivity contribution >= 4 is 21.7 Å². The van der Waals surface area contributed by atoms with Crippen molar-refractivity contribution in [2.75, 3.05) is 5.32 Å². The molecule has 0 atom stereocenters. The van der Waals surface area contributed by atoms with Crippen molar-refractivity contribution < 1.29 is 5.11 Å². The molecule has 1 heterocycles. The van der Waals surface area contributed by atoms with Gasteiger partial charge in [-0.25, -0.2) is 4.98 Å². The molecule has 0 unspecified atom stereocenters. The van der Waals surface area contributed by atoms with E-state index in [-0.39, 0.29) is 0 Å². The van der Waals surface area contributed by atoms with E-state index in [1.807, 2.05) is 31.2 Å². The van der Waals surface area contributed by atoms with Gasteiger partial charge in [-0.3, -0.25) is 0 Å². The second-order valence-electron chi connectivity index (χ2n) is 3.83. The van der Waals surface area contributed by atoms with Crippen LogP contribution in [0, 0.1) is 6.92 Å². The Hall–Kier alpha value is -1.55. The molecule has 2 N–H and O–H groups in total. The van der Waals surface area contributed by atoms with Crippen LogP contribution in [0.25, 0.3) is 0 Å². The lowest BCUT2D eigenvalue weighted by Crippen LogP contribution is -2.02. The first-order chi connectivity index (χ1) is 8.15. The fourth-order valence-electron chi connectivity index (χ4n) is 1.56. The maximum Gasteiger partial charge on any atom is 0.127 e. The summed E-state index contributed by atoms with van der Waals surface area (Å²) in [4.78, 5) is 4.30. The first kappa shape index (κ1) is 11.9. The van der Waals surface area contributed by atoms with Crippen LogP contribution in [-0.2, 0) is 6.54 Å². The summed E-state index contributed by atoms with van der Waals surface area (Å²) in [5.41, 5.74) is 1.98. The number of para-hydroxylation sites is 1. The SMILES string of the molecule is Cc1cc(Br)nc(NCc2ccccc2O)c1. The summed E-state index contributed by atoms with van der Waals surface area (Å²) in [5.74, 6) is 1.09. The molecule has 17 heavy (non-hydrogen) atoms. The second-order valence-corrected chi connectivity index (χ2v) is 4.65. The van der Waals surface area contributed by atoms with Crippen molar-refractivity contribution in [2.45, 2.75) is 13.5 Å². The minimum atomic E-state index is 0.298. The van der Waals surface area contributed by atoms with Gasteiger partial charge < -0.3 is 10.4 Å². The third-order valence-electron chi connectivity index (χ3n) is 2.39. The van der Waals surface area contributed by atoms with Gasteiger partial charge in [0.2, 0.25) is 0 Å². The highest BCUT2D eigenvalue weighted by Crippen LogP contribution is 2.18. The van der Waals surface area contributed by atoms with Crippen molar-refractivity contribution in [3.05, 3.63) is 52.1 Å². The van der Waals surface area contributed by atoms with Gasteiger partial charge in [0.25, 0.3) is 0 Å². The Morgan fingerprint density at radius 3 is 2.76 bits per heavy atom. The van der Waals surface area contributed by atoms with E-state index in [4.69, 9.17) is 0 Å². The average Bonchev–Trinajstić information content (AvgIpc) is 2.27. The first-order valence-corrected chi connectivity index (χ1v) is 6.09. The zero-order chi connectivity index (χ0) is 12.3. The molecule has 0 spiro atoms. The third-order valence-corrected chi connectivity index (χ3v) is 2.80. The summed E-state index contributed by atoms with van der Waals surface area (Å²) >= 11 is 3.35. The summed E-state index contributed by atoms with van der Waals surface area (Å²) in [6.45, 7) is 2.56. The van der Waals surface area contributed by atoms with Gasteiger partial charge in [-0.1, -0.05) is 18.2 Å². The molecule has 0 aliphatic carbocycles. The van der Waals surface area contributed by atoms with Crippen LogP contribution >= 0.6 is 15.9 Å². The minimum absolute atomic E-state index is 0.298. The fraction of sp³-hybridized carbons (Fsp3) is 0.154. The maximum absolute atomic E-state index is 9.63. The van der Waals surface area contributed by atoms with Gasteiger partial charge >= 0.3 is 0 Å². The van der Waals surface area contributed by atoms with Gasteiger partial charge in [-0.15, -0.1) is 0 Å². The van der Waals surface area contributed by atoms with E-state index in [1.54, 1.807) is 12.1 Å². The van der Waals surface area contributed by atoms with Crippen LogP contribution in [0.4, 0.5) is 5.82 Å². The molecule has 0 saturated carbocycles. The monoisotopic (exact) mass is 292 g/mol. The number of halogens is 1. The number of aromatic hydroxyl groups is 1. The van der Waals surface area contributed by atoms with E-state index < -0.39 is 0 Å². The number of nitrogens with zero attached hydrogens (tertiary/aromatic N) is 1. The molecule has 0 aliphatic heterocycles. The second kappa shape index (κ2) is 5.19. The number of anilines is 1. The zero-order valence-corrected chi connectivity index (χ0v) is 11.0. The fourth-order valence-corrected chi connectivity index (χ4v) is 2.11. The van der Waals surface area contributed by atoms with Crippen LogP contribution in [0.3, 0.4) is 0 Å². The van der Waals surface area contributed by atoms with Crippen LogP contribution in [0.5, 0.6) is 5.75 Å². The first-order valence-electron chi connectivity index (χ1n) is 5.30. The lowest BCUT2D eigenvalue weighted by molar-refractivity contribution is 0.469. The summed E-state index contributed by atoms with van der Waals surface area (Å²) < 4.78 is 0.803. The van der Waals surface area contributed by atoms with E-state index in [0.29, 0.717) is 12.3 Å². The molecule has 2 rings (SSSR count). The van der Waals surface area contributed by atoms with Crippen molar-refractivity contribution in [1.29, 1.82) is 0 Å². The quantitative estimate of drug-likeness (QED) is 0.852. The maximum atomic E-state index is 9.63. The molecule has 0 saturated heterocycles. The van der Waals surface area contributed by atoms with Crippen molar-refractivity contribution in [2.24, 2.45) is 0 Å². The summed E-state index contributed by atoms with van der Waals surface area (Å²) in [7, 11) is 0. The number of pyridine rings is 1. The molecule has 0 aliphatic rings. The van der Waals surface area contributed by atoms with Gasteiger partial charge in [-0.05, 0) is 46.6 Å². The van der Waals surface area contributed by atoms with E-state index in [0.717, 1.165) is 21.5 Å². The molecule has 0 radical (unpaired) electrons. The Labute approximate surface area is 109 Å². The Morgan fingerprint density at radius 1 is 1.29 bits per heavy atom. The molecule has 1 aromatic heterocycles. The lowest BCUT2D eigenvalue weighted by Gasteiger charge is -2.08. The predicted octanol–water partition coefficient (Wildman–Crippen LogP) is 3.47. The van der Waals surface area contributed by atoms with Crippen LogP contribution in [0.1, 0.15) is 11.1 Å². The highest BCUT2D eigenvalue weighted by molar-refractivity contribution is 9.10. The Bertz CT molecular complexity index is 508. The third kappa shape index (κ3) is 3.20. The number of nitrogens with one attached hydrogen (secondary N) is 1. The number of hydrogen-bond donors (Lipinski definition) is 2. The molecule has 2 aromatic rings. The van der Waals surface area contributed by atoms with Crippen molar-refractivity contribution in [1.82, 2.24) is 4.98 Å². The minimum Gasteiger partial charge on any atom is -0.508 e. The van der Waals surface area contributed by atoms with Gasteiger partial charge in [0.1, 0.15) is 16.2 Å². The Kier molecular flexibility index (Phi) is 3.64. The Morgan fingerprint density at radius 2 is 2.06 bits per heavy atom. The molecular weight excluding hydrogens is 280 g/mol. The number of phenols is 1. The molecule has 0 bridgehead atoms. The molecule has 3 nitrogen and oxygen atoms in total. The zero-order valence-electron chi connectivity index (χ0n) is 9.44. The number of benzene rings is 1. The normalized spacial score (nSPS) is 10.2. The molecule has 0 amide bonds.